The summed E-state index contributed by atoms with van der Waals surface area (Å²) >= 11 is 0. The number of nitrogens with zero attached hydrogens (tertiary/aromatic N) is 1. The van der Waals surface area contributed by atoms with Crippen LogP contribution < -0.4 is 4.89 Å². The Morgan fingerprint density at radius 2 is 1.00 bits per heavy atom. The lowest BCUT2D eigenvalue weighted by atomic mass is 10.0. The van der Waals surface area contributed by atoms with E-state index in [-0.39, 0.29) is 32.0 Å². The van der Waals surface area contributed by atoms with E-state index in [1.807, 2.05) is 21.1 Å². The lowest BCUT2D eigenvalue weighted by Crippen LogP contribution is -2.37. The molecule has 0 fully saturated rings. The van der Waals surface area contributed by atoms with Crippen LogP contribution in [0.5, 0.6) is 0 Å². The number of rotatable bonds is 40. The summed E-state index contributed by atoms with van der Waals surface area (Å²) in [6, 6.07) is 0. The van der Waals surface area contributed by atoms with Gasteiger partial charge in [0.2, 0.25) is 0 Å². The maximum atomic E-state index is 12.7. The van der Waals surface area contributed by atoms with Crippen molar-refractivity contribution in [2.45, 2.75) is 200 Å². The molecular formula is C44H84NO8P. The van der Waals surface area contributed by atoms with Crippen LogP contribution in [0.1, 0.15) is 194 Å². The average molecular weight is 786 g/mol. The maximum Gasteiger partial charge on any atom is 0.306 e. The molecular weight excluding hydrogens is 701 g/mol. The first-order chi connectivity index (χ1) is 26.0. The molecule has 2 atom stereocenters. The van der Waals surface area contributed by atoms with E-state index in [4.69, 9.17) is 18.5 Å². The van der Waals surface area contributed by atoms with Crippen LogP contribution in [0.3, 0.4) is 0 Å². The molecule has 0 saturated heterocycles. The van der Waals surface area contributed by atoms with Gasteiger partial charge in [-0.25, -0.2) is 0 Å². The van der Waals surface area contributed by atoms with Gasteiger partial charge in [0.15, 0.2) is 6.10 Å². The Kier molecular flexibility index (Phi) is 36.1. The van der Waals surface area contributed by atoms with Crippen molar-refractivity contribution in [3.05, 3.63) is 24.3 Å². The van der Waals surface area contributed by atoms with Gasteiger partial charge in [0.25, 0.3) is 7.82 Å². The Labute approximate surface area is 332 Å². The summed E-state index contributed by atoms with van der Waals surface area (Å²) in [5.41, 5.74) is 0. The minimum absolute atomic E-state index is 0.0308. The van der Waals surface area contributed by atoms with E-state index in [1.54, 1.807) is 0 Å². The molecule has 0 heterocycles. The van der Waals surface area contributed by atoms with Crippen LogP contribution >= 0.6 is 7.82 Å². The first-order valence-corrected chi connectivity index (χ1v) is 23.5. The predicted octanol–water partition coefficient (Wildman–Crippen LogP) is 11.7. The zero-order chi connectivity index (χ0) is 40.0. The summed E-state index contributed by atoms with van der Waals surface area (Å²) in [5.74, 6) is -0.838. The quantitative estimate of drug-likeness (QED) is 0.0198. The summed E-state index contributed by atoms with van der Waals surface area (Å²) < 4.78 is 33.9. The average Bonchev–Trinajstić information content (AvgIpc) is 3.12. The molecule has 9 nitrogen and oxygen atoms in total. The monoisotopic (exact) mass is 786 g/mol. The molecule has 0 aliphatic heterocycles. The number of likely N-dealkylation sites (N-methyl/N-ethyl adjacent to an activating group) is 1. The molecule has 0 spiro atoms. The highest BCUT2D eigenvalue weighted by molar-refractivity contribution is 7.45. The number of allylic oxidation sites excluding steroid dienone is 4. The number of unbranched alkanes of at least 4 members (excludes halogenated alkanes) is 22. The largest absolute Gasteiger partial charge is 0.756 e. The van der Waals surface area contributed by atoms with E-state index in [0.29, 0.717) is 17.4 Å². The molecule has 0 bridgehead atoms. The number of carbonyl (C=O) groups excluding carboxylic acids is 2. The van der Waals surface area contributed by atoms with Crippen molar-refractivity contribution in [1.82, 2.24) is 0 Å². The summed E-state index contributed by atoms with van der Waals surface area (Å²) in [6.07, 6.45) is 39.1. The second-order valence-electron chi connectivity index (χ2n) is 16.1. The van der Waals surface area contributed by atoms with E-state index in [2.05, 4.69) is 38.2 Å². The molecule has 0 saturated carbocycles. The predicted molar refractivity (Wildman–Crippen MR) is 222 cm³/mol. The molecule has 0 aromatic rings. The van der Waals surface area contributed by atoms with Crippen molar-refractivity contribution in [3.63, 3.8) is 0 Å². The van der Waals surface area contributed by atoms with E-state index < -0.39 is 26.5 Å². The zero-order valence-electron chi connectivity index (χ0n) is 35.7. The van der Waals surface area contributed by atoms with Gasteiger partial charge < -0.3 is 27.9 Å². The van der Waals surface area contributed by atoms with E-state index >= 15 is 0 Å². The number of phosphoric acid groups is 1. The van der Waals surface area contributed by atoms with Gasteiger partial charge in [-0.3, -0.25) is 14.2 Å². The van der Waals surface area contributed by atoms with Crippen molar-refractivity contribution < 1.29 is 42.1 Å². The Morgan fingerprint density at radius 3 is 1.48 bits per heavy atom. The van der Waals surface area contributed by atoms with Crippen molar-refractivity contribution in [2.24, 2.45) is 0 Å². The van der Waals surface area contributed by atoms with Crippen LogP contribution in [0.2, 0.25) is 0 Å². The molecule has 318 valence electrons. The van der Waals surface area contributed by atoms with Crippen molar-refractivity contribution >= 4 is 19.8 Å². The van der Waals surface area contributed by atoms with Gasteiger partial charge in [0, 0.05) is 12.8 Å². The third kappa shape index (κ3) is 40.2. The minimum Gasteiger partial charge on any atom is -0.756 e. The van der Waals surface area contributed by atoms with Crippen LogP contribution in [0.25, 0.3) is 0 Å². The molecule has 54 heavy (non-hydrogen) atoms. The topological polar surface area (TPSA) is 111 Å². The van der Waals surface area contributed by atoms with Crippen LogP contribution in [0.15, 0.2) is 24.3 Å². The highest BCUT2D eigenvalue weighted by Gasteiger charge is 2.21. The fourth-order valence-corrected chi connectivity index (χ4v) is 6.71. The van der Waals surface area contributed by atoms with Crippen LogP contribution in [0.4, 0.5) is 0 Å². The molecule has 0 aromatic heterocycles. The van der Waals surface area contributed by atoms with Gasteiger partial charge in [-0.15, -0.1) is 0 Å². The molecule has 0 aliphatic rings. The second kappa shape index (κ2) is 37.1. The number of hydrogen-bond acceptors (Lipinski definition) is 8. The maximum absolute atomic E-state index is 12.7. The van der Waals surface area contributed by atoms with Gasteiger partial charge >= 0.3 is 11.9 Å². The van der Waals surface area contributed by atoms with E-state index in [9.17, 15) is 19.0 Å². The third-order valence-corrected chi connectivity index (χ3v) is 10.4. The Hall–Kier alpha value is -1.51. The van der Waals surface area contributed by atoms with Crippen LogP contribution in [0, 0.1) is 0 Å². The fourth-order valence-electron chi connectivity index (χ4n) is 5.98. The Balaban J connectivity index is 4.35. The highest BCUT2D eigenvalue weighted by atomic mass is 31.2. The summed E-state index contributed by atoms with van der Waals surface area (Å²) in [4.78, 5) is 37.5. The van der Waals surface area contributed by atoms with Gasteiger partial charge in [-0.2, -0.15) is 0 Å². The first-order valence-electron chi connectivity index (χ1n) is 22.0. The molecule has 0 radical (unpaired) electrons. The van der Waals surface area contributed by atoms with Crippen LogP contribution in [-0.4, -0.2) is 70.0 Å². The fraction of sp³-hybridized carbons (Fsp3) is 0.864. The molecule has 10 heteroatoms. The Morgan fingerprint density at radius 1 is 0.574 bits per heavy atom. The van der Waals surface area contributed by atoms with E-state index in [0.717, 1.165) is 51.4 Å². The number of carbonyl (C=O) groups is 2. The number of quaternary nitrogens is 1. The van der Waals surface area contributed by atoms with Gasteiger partial charge in [-0.05, 0) is 44.9 Å². The van der Waals surface area contributed by atoms with Gasteiger partial charge in [0.05, 0.1) is 27.7 Å². The lowest BCUT2D eigenvalue weighted by molar-refractivity contribution is -0.870. The first kappa shape index (κ1) is 52.5. The smallest absolute Gasteiger partial charge is 0.306 e. The van der Waals surface area contributed by atoms with Crippen molar-refractivity contribution in [1.29, 1.82) is 0 Å². The van der Waals surface area contributed by atoms with E-state index in [1.165, 1.54) is 109 Å². The van der Waals surface area contributed by atoms with Gasteiger partial charge in [-0.1, -0.05) is 160 Å². The molecule has 2 unspecified atom stereocenters. The number of esters is 2. The standard InChI is InChI=1S/C44H84NO8P/c1-6-8-10-12-14-16-18-20-21-22-23-24-25-27-29-31-33-35-37-44(47)53-42(41-52-54(48,49)51-39-38-45(3,4)5)40-50-43(46)36-34-32-30-28-26-19-17-15-13-11-9-7-2/h16,18,21-22,42H,6-15,17,19-20,23-41H2,1-5H3/b18-16-,22-21-. The summed E-state index contributed by atoms with van der Waals surface area (Å²) in [7, 11) is 1.16. The zero-order valence-corrected chi connectivity index (χ0v) is 36.6. The number of hydrogen-bond donors (Lipinski definition) is 0. The number of phosphoric ester groups is 1. The highest BCUT2D eigenvalue weighted by Crippen LogP contribution is 2.38. The SMILES string of the molecule is CCCCCC/C=C\C/C=C\CCCCCCCCCC(=O)OC(COC(=O)CCCCCCCCCCCCCC)COP(=O)([O-])OCC[N+](C)(C)C. The minimum atomic E-state index is -4.62. The summed E-state index contributed by atoms with van der Waals surface area (Å²) in [6.45, 7) is 4.21. The lowest BCUT2D eigenvalue weighted by Gasteiger charge is -2.28. The Bertz CT molecular complexity index is 980. The summed E-state index contributed by atoms with van der Waals surface area (Å²) in [5, 5.41) is 0. The molecule has 0 N–H and O–H groups in total. The van der Waals surface area contributed by atoms with Gasteiger partial charge in [0.1, 0.15) is 19.8 Å². The normalized spacial score (nSPS) is 13.8. The second-order valence-corrected chi connectivity index (χ2v) is 17.5. The molecule has 0 amide bonds. The van der Waals surface area contributed by atoms with Crippen molar-refractivity contribution in [3.8, 4) is 0 Å². The van der Waals surface area contributed by atoms with Crippen molar-refractivity contribution in [2.75, 3.05) is 47.5 Å². The molecule has 0 rings (SSSR count). The number of ether oxygens (including phenoxy) is 2. The molecule has 0 aromatic carbocycles. The third-order valence-electron chi connectivity index (χ3n) is 9.47. The van der Waals surface area contributed by atoms with Crippen LogP contribution in [-0.2, 0) is 32.7 Å². The molecule has 0 aliphatic carbocycles.